The van der Waals surface area contributed by atoms with Gasteiger partial charge in [-0.3, -0.25) is 9.80 Å². The maximum Gasteiger partial charge on any atom is 0.0224 e. The van der Waals surface area contributed by atoms with E-state index < -0.39 is 0 Å². The van der Waals surface area contributed by atoms with Gasteiger partial charge < -0.3 is 0 Å². The third-order valence-electron chi connectivity index (χ3n) is 4.72. The van der Waals surface area contributed by atoms with E-state index in [1.807, 2.05) is 0 Å². The van der Waals surface area contributed by atoms with Crippen LogP contribution in [0, 0.1) is 5.92 Å². The summed E-state index contributed by atoms with van der Waals surface area (Å²) in [5.41, 5.74) is 0. The lowest BCUT2D eigenvalue weighted by atomic mass is 9.94. The van der Waals surface area contributed by atoms with Crippen molar-refractivity contribution in [3.63, 3.8) is 0 Å². The van der Waals surface area contributed by atoms with Gasteiger partial charge in [0.25, 0.3) is 0 Å². The van der Waals surface area contributed by atoms with Crippen LogP contribution in [0.4, 0.5) is 0 Å². The molecule has 2 heterocycles. The van der Waals surface area contributed by atoms with E-state index in [9.17, 15) is 0 Å². The lowest BCUT2D eigenvalue weighted by Gasteiger charge is -2.50. The Bertz CT molecular complexity index is 227. The standard InChI is InChI=1S/C14H28N2/c1-11(2)13(4)16-10-14-7-5-6-8-15(14)9-12(16)3/h11-14H,5-10H2,1-4H3. The number of piperazine rings is 1. The summed E-state index contributed by atoms with van der Waals surface area (Å²) in [6.45, 7) is 13.5. The maximum atomic E-state index is 2.75. The minimum absolute atomic E-state index is 0.735. The Morgan fingerprint density at radius 1 is 1.06 bits per heavy atom. The number of rotatable bonds is 2. The molecule has 0 N–H and O–H groups in total. The summed E-state index contributed by atoms with van der Waals surface area (Å²) in [6.07, 6.45) is 4.29. The highest BCUT2D eigenvalue weighted by Crippen LogP contribution is 2.26. The first-order chi connectivity index (χ1) is 7.59. The van der Waals surface area contributed by atoms with E-state index in [0.717, 1.165) is 24.0 Å². The summed E-state index contributed by atoms with van der Waals surface area (Å²) >= 11 is 0. The van der Waals surface area contributed by atoms with Gasteiger partial charge in [0.05, 0.1) is 0 Å². The van der Waals surface area contributed by atoms with E-state index in [1.165, 1.54) is 38.9 Å². The zero-order valence-electron chi connectivity index (χ0n) is 11.4. The van der Waals surface area contributed by atoms with Crippen LogP contribution in [0.25, 0.3) is 0 Å². The molecule has 0 amide bonds. The van der Waals surface area contributed by atoms with Crippen molar-refractivity contribution >= 4 is 0 Å². The second-order valence-electron chi connectivity index (χ2n) is 6.17. The smallest absolute Gasteiger partial charge is 0.0224 e. The van der Waals surface area contributed by atoms with Crippen molar-refractivity contribution in [1.82, 2.24) is 9.80 Å². The van der Waals surface area contributed by atoms with Crippen molar-refractivity contribution in [3.8, 4) is 0 Å². The van der Waals surface area contributed by atoms with E-state index in [2.05, 4.69) is 37.5 Å². The van der Waals surface area contributed by atoms with E-state index in [1.54, 1.807) is 0 Å². The second kappa shape index (κ2) is 5.05. The summed E-state index contributed by atoms with van der Waals surface area (Å²) in [5.74, 6) is 0.776. The Labute approximate surface area is 101 Å². The Kier molecular flexibility index (Phi) is 3.91. The molecule has 0 aromatic rings. The molecule has 2 nitrogen and oxygen atoms in total. The fraction of sp³-hybridized carbons (Fsp3) is 1.00. The molecule has 0 radical (unpaired) electrons. The van der Waals surface area contributed by atoms with E-state index >= 15 is 0 Å². The third-order valence-corrected chi connectivity index (χ3v) is 4.72. The maximum absolute atomic E-state index is 2.75. The molecule has 0 aliphatic carbocycles. The van der Waals surface area contributed by atoms with Crippen LogP contribution in [-0.2, 0) is 0 Å². The van der Waals surface area contributed by atoms with E-state index in [0.29, 0.717) is 0 Å². The second-order valence-corrected chi connectivity index (χ2v) is 6.17. The number of piperidine rings is 1. The van der Waals surface area contributed by atoms with Gasteiger partial charge in [0.1, 0.15) is 0 Å². The van der Waals surface area contributed by atoms with Gasteiger partial charge in [0.2, 0.25) is 0 Å². The van der Waals surface area contributed by atoms with Gasteiger partial charge >= 0.3 is 0 Å². The van der Waals surface area contributed by atoms with Gasteiger partial charge in [0.15, 0.2) is 0 Å². The molecule has 0 bridgehead atoms. The predicted octanol–water partition coefficient (Wildman–Crippen LogP) is 2.59. The Balaban J connectivity index is 2.00. The average molecular weight is 224 g/mol. The number of nitrogens with zero attached hydrogens (tertiary/aromatic N) is 2. The molecule has 0 saturated carbocycles. The summed E-state index contributed by atoms with van der Waals surface area (Å²) in [7, 11) is 0. The number of hydrogen-bond acceptors (Lipinski definition) is 2. The lowest BCUT2D eigenvalue weighted by molar-refractivity contribution is -0.0136. The van der Waals surface area contributed by atoms with Crippen molar-refractivity contribution in [2.45, 2.75) is 65.1 Å². The lowest BCUT2D eigenvalue weighted by Crippen LogP contribution is -2.61. The first-order valence-corrected chi connectivity index (χ1v) is 7.09. The highest BCUT2D eigenvalue weighted by molar-refractivity contribution is 4.91. The van der Waals surface area contributed by atoms with Crippen LogP contribution in [0.5, 0.6) is 0 Å². The van der Waals surface area contributed by atoms with Crippen LogP contribution in [0.15, 0.2) is 0 Å². The van der Waals surface area contributed by atoms with Crippen LogP contribution in [0.2, 0.25) is 0 Å². The molecule has 2 heteroatoms. The van der Waals surface area contributed by atoms with Crippen molar-refractivity contribution in [2.24, 2.45) is 5.92 Å². The molecule has 3 unspecified atom stereocenters. The van der Waals surface area contributed by atoms with Crippen molar-refractivity contribution in [2.75, 3.05) is 19.6 Å². The third kappa shape index (κ3) is 2.43. The quantitative estimate of drug-likeness (QED) is 0.711. The minimum Gasteiger partial charge on any atom is -0.298 e. The average Bonchev–Trinajstić information content (AvgIpc) is 2.27. The summed E-state index contributed by atoms with van der Waals surface area (Å²) in [4.78, 5) is 5.48. The molecule has 2 aliphatic rings. The Hall–Kier alpha value is -0.0800. The highest BCUT2D eigenvalue weighted by atomic mass is 15.3. The molecule has 94 valence electrons. The van der Waals surface area contributed by atoms with Crippen molar-refractivity contribution < 1.29 is 0 Å². The van der Waals surface area contributed by atoms with Crippen LogP contribution >= 0.6 is 0 Å². The van der Waals surface area contributed by atoms with Gasteiger partial charge in [-0.15, -0.1) is 0 Å². The molecule has 2 aliphatic heterocycles. The van der Waals surface area contributed by atoms with Crippen molar-refractivity contribution in [3.05, 3.63) is 0 Å². The fourth-order valence-corrected chi connectivity index (χ4v) is 3.33. The summed E-state index contributed by atoms with van der Waals surface area (Å²) in [6, 6.07) is 2.33. The van der Waals surface area contributed by atoms with E-state index in [4.69, 9.17) is 0 Å². The molecule has 16 heavy (non-hydrogen) atoms. The molecule has 0 aromatic carbocycles. The molecular formula is C14H28N2. The van der Waals surface area contributed by atoms with Gasteiger partial charge in [0, 0.05) is 31.2 Å². The zero-order chi connectivity index (χ0) is 11.7. The van der Waals surface area contributed by atoms with Gasteiger partial charge in [-0.25, -0.2) is 0 Å². The minimum atomic E-state index is 0.735. The monoisotopic (exact) mass is 224 g/mol. The van der Waals surface area contributed by atoms with Gasteiger partial charge in [-0.05, 0) is 39.2 Å². The van der Waals surface area contributed by atoms with Crippen LogP contribution < -0.4 is 0 Å². The molecule has 3 atom stereocenters. The molecule has 2 fully saturated rings. The Morgan fingerprint density at radius 2 is 1.81 bits per heavy atom. The Morgan fingerprint density at radius 3 is 2.50 bits per heavy atom. The van der Waals surface area contributed by atoms with Crippen LogP contribution in [0.3, 0.4) is 0 Å². The van der Waals surface area contributed by atoms with Crippen molar-refractivity contribution in [1.29, 1.82) is 0 Å². The van der Waals surface area contributed by atoms with E-state index in [-0.39, 0.29) is 0 Å². The molecule has 0 spiro atoms. The van der Waals surface area contributed by atoms with Gasteiger partial charge in [-0.1, -0.05) is 20.3 Å². The first-order valence-electron chi connectivity index (χ1n) is 7.09. The number of fused-ring (bicyclic) bond motifs is 1. The zero-order valence-corrected chi connectivity index (χ0v) is 11.4. The summed E-state index contributed by atoms with van der Waals surface area (Å²) < 4.78 is 0. The summed E-state index contributed by atoms with van der Waals surface area (Å²) in [5, 5.41) is 0. The predicted molar refractivity (Wildman–Crippen MR) is 69.7 cm³/mol. The largest absolute Gasteiger partial charge is 0.298 e. The molecule has 2 saturated heterocycles. The molecule has 0 aromatic heterocycles. The van der Waals surface area contributed by atoms with Gasteiger partial charge in [-0.2, -0.15) is 0 Å². The number of hydrogen-bond donors (Lipinski definition) is 0. The van der Waals surface area contributed by atoms with Crippen LogP contribution in [0.1, 0.15) is 47.0 Å². The first kappa shape index (κ1) is 12.4. The SMILES string of the molecule is CC(C)C(C)N1CC2CCCCN2CC1C. The van der Waals surface area contributed by atoms with Crippen LogP contribution in [-0.4, -0.2) is 47.6 Å². The molecule has 2 rings (SSSR count). The highest BCUT2D eigenvalue weighted by Gasteiger charge is 2.35. The normalized spacial score (nSPS) is 35.1. The fourth-order valence-electron chi connectivity index (χ4n) is 3.33. The topological polar surface area (TPSA) is 6.48 Å². The molecular weight excluding hydrogens is 196 g/mol.